The normalized spacial score (nSPS) is 12.4. The van der Waals surface area contributed by atoms with Crippen LogP contribution in [0.3, 0.4) is 0 Å². The fourth-order valence-electron chi connectivity index (χ4n) is 8.59. The van der Waals surface area contributed by atoms with Crippen molar-refractivity contribution < 1.29 is 8.83 Å². The van der Waals surface area contributed by atoms with Gasteiger partial charge in [0.05, 0.1) is 6.54 Å². The molecule has 11 rings (SSSR count). The van der Waals surface area contributed by atoms with Crippen molar-refractivity contribution in [2.24, 2.45) is 15.0 Å². The zero-order valence-corrected chi connectivity index (χ0v) is 32.0. The first-order valence-corrected chi connectivity index (χ1v) is 19.7. The number of nitrogens with zero attached hydrogens (tertiary/aromatic N) is 3. The average molecular weight is 758 g/mol. The van der Waals surface area contributed by atoms with Gasteiger partial charge < -0.3 is 8.83 Å². The summed E-state index contributed by atoms with van der Waals surface area (Å²) in [4.78, 5) is 14.7. The Hall–Kier alpha value is -7.89. The first-order valence-electron chi connectivity index (χ1n) is 19.7. The minimum atomic E-state index is 0.386. The third kappa shape index (κ3) is 5.91. The second kappa shape index (κ2) is 14.2. The molecular formula is C54H35N3O2. The van der Waals surface area contributed by atoms with Crippen molar-refractivity contribution in [2.45, 2.75) is 6.54 Å². The lowest BCUT2D eigenvalue weighted by molar-refractivity contribution is 0.668. The summed E-state index contributed by atoms with van der Waals surface area (Å²) in [5, 5.41) is 9.00. The van der Waals surface area contributed by atoms with Gasteiger partial charge in [-0.05, 0) is 74.8 Å². The van der Waals surface area contributed by atoms with E-state index < -0.39 is 0 Å². The Morgan fingerprint density at radius 3 is 1.90 bits per heavy atom. The van der Waals surface area contributed by atoms with Gasteiger partial charge in [-0.1, -0.05) is 164 Å². The van der Waals surface area contributed by atoms with Crippen LogP contribution in [0.4, 0.5) is 0 Å². The van der Waals surface area contributed by atoms with E-state index in [0.29, 0.717) is 18.2 Å². The minimum absolute atomic E-state index is 0.386. The fourth-order valence-corrected chi connectivity index (χ4v) is 8.59. The summed E-state index contributed by atoms with van der Waals surface area (Å²) in [5.74, 6) is 1.10. The van der Waals surface area contributed by atoms with Crippen molar-refractivity contribution in [3.05, 3.63) is 205 Å². The van der Waals surface area contributed by atoms with Crippen LogP contribution in [0.15, 0.2) is 212 Å². The van der Waals surface area contributed by atoms with Gasteiger partial charge in [-0.25, -0.2) is 9.98 Å². The second-order valence-electron chi connectivity index (χ2n) is 14.7. The van der Waals surface area contributed by atoms with E-state index in [9.17, 15) is 0 Å². The van der Waals surface area contributed by atoms with E-state index in [1.54, 1.807) is 0 Å². The zero-order chi connectivity index (χ0) is 39.3. The van der Waals surface area contributed by atoms with E-state index >= 15 is 0 Å². The van der Waals surface area contributed by atoms with Gasteiger partial charge in [-0.2, -0.15) is 0 Å². The monoisotopic (exact) mass is 757 g/mol. The number of hydrogen-bond acceptors (Lipinski definition) is 3. The van der Waals surface area contributed by atoms with Gasteiger partial charge in [0.2, 0.25) is 0 Å². The summed E-state index contributed by atoms with van der Waals surface area (Å²) >= 11 is 0. The smallest absolute Gasteiger partial charge is 0.161 e. The molecule has 0 spiro atoms. The molecule has 2 aromatic heterocycles. The highest BCUT2D eigenvalue weighted by atomic mass is 16.3. The van der Waals surface area contributed by atoms with Crippen molar-refractivity contribution in [2.75, 3.05) is 0 Å². The SMILES string of the molecule is C=N/C(=N\C(=N/Cc1ccccc1-c1cccc2oc3c(-c4cccc5oc6ccccc6c45)cccc3c12)c1ccc2c(ccc3ccccc32)c1)c1ccccc1. The highest BCUT2D eigenvalue weighted by molar-refractivity contribution is 6.20. The van der Waals surface area contributed by atoms with E-state index in [-0.39, 0.29) is 0 Å². The lowest BCUT2D eigenvalue weighted by Gasteiger charge is -2.11. The molecule has 0 unspecified atom stereocenters. The topological polar surface area (TPSA) is 63.4 Å². The van der Waals surface area contributed by atoms with Crippen LogP contribution < -0.4 is 0 Å². The van der Waals surface area contributed by atoms with E-state index in [1.807, 2.05) is 48.5 Å². The predicted molar refractivity (Wildman–Crippen MR) is 246 cm³/mol. The van der Waals surface area contributed by atoms with Crippen LogP contribution in [0.5, 0.6) is 0 Å². The van der Waals surface area contributed by atoms with Crippen molar-refractivity contribution in [1.29, 1.82) is 0 Å². The quantitative estimate of drug-likeness (QED) is 0.0963. The maximum atomic E-state index is 6.80. The Kier molecular flexibility index (Phi) is 8.30. The molecule has 11 aromatic rings. The van der Waals surface area contributed by atoms with Gasteiger partial charge in [0.15, 0.2) is 11.7 Å². The van der Waals surface area contributed by atoms with Crippen LogP contribution in [0.1, 0.15) is 16.7 Å². The van der Waals surface area contributed by atoms with Crippen molar-refractivity contribution >= 4 is 83.8 Å². The highest BCUT2D eigenvalue weighted by Gasteiger charge is 2.20. The number of fused-ring (bicyclic) bond motifs is 9. The molecule has 0 radical (unpaired) electrons. The van der Waals surface area contributed by atoms with Crippen LogP contribution in [-0.4, -0.2) is 18.4 Å². The van der Waals surface area contributed by atoms with Gasteiger partial charge in [-0.15, -0.1) is 0 Å². The summed E-state index contributed by atoms with van der Waals surface area (Å²) in [6.07, 6.45) is 0. The first kappa shape index (κ1) is 34.4. The average Bonchev–Trinajstić information content (AvgIpc) is 3.88. The molecule has 0 aliphatic carbocycles. The third-order valence-corrected chi connectivity index (χ3v) is 11.3. The van der Waals surface area contributed by atoms with Gasteiger partial charge in [0, 0.05) is 38.2 Å². The molecule has 0 saturated carbocycles. The number of para-hydroxylation sites is 2. The van der Waals surface area contributed by atoms with Gasteiger partial charge in [0.1, 0.15) is 22.3 Å². The summed E-state index contributed by atoms with van der Waals surface area (Å²) in [5.41, 5.74) is 10.5. The van der Waals surface area contributed by atoms with Crippen molar-refractivity contribution in [3.8, 4) is 22.3 Å². The summed E-state index contributed by atoms with van der Waals surface area (Å²) < 4.78 is 13.1. The maximum absolute atomic E-state index is 6.80. The molecule has 0 aliphatic rings. The van der Waals surface area contributed by atoms with E-state index in [4.69, 9.17) is 18.8 Å². The maximum Gasteiger partial charge on any atom is 0.161 e. The third-order valence-electron chi connectivity index (χ3n) is 11.3. The molecule has 5 nitrogen and oxygen atoms in total. The van der Waals surface area contributed by atoms with Crippen molar-refractivity contribution in [1.82, 2.24) is 0 Å². The molecule has 9 aromatic carbocycles. The molecule has 59 heavy (non-hydrogen) atoms. The number of furan rings is 2. The Bertz CT molecular complexity index is 3500. The van der Waals surface area contributed by atoms with Crippen LogP contribution >= 0.6 is 0 Å². The Morgan fingerprint density at radius 2 is 1.03 bits per heavy atom. The minimum Gasteiger partial charge on any atom is -0.456 e. The van der Waals surface area contributed by atoms with E-state index in [1.165, 1.54) is 16.2 Å². The first-order chi connectivity index (χ1) is 29.2. The molecule has 5 heteroatoms. The highest BCUT2D eigenvalue weighted by Crippen LogP contribution is 2.44. The largest absolute Gasteiger partial charge is 0.456 e. The molecule has 0 saturated heterocycles. The predicted octanol–water partition coefficient (Wildman–Crippen LogP) is 14.2. The molecule has 0 bridgehead atoms. The summed E-state index contributed by atoms with van der Waals surface area (Å²) in [6, 6.07) is 64.8. The van der Waals surface area contributed by atoms with Crippen LogP contribution in [-0.2, 0) is 6.54 Å². The number of hydrogen-bond donors (Lipinski definition) is 0. The fraction of sp³-hybridized carbons (Fsp3) is 0.0185. The lowest BCUT2D eigenvalue weighted by Crippen LogP contribution is -2.06. The van der Waals surface area contributed by atoms with Crippen LogP contribution in [0, 0.1) is 0 Å². The Balaban J connectivity index is 1.05. The standard InChI is InChI=1S/C54H35N3O2/c1-55-53(35-15-3-2-4-16-35)57-54(37-30-31-41-36(32-37)29-28-34-14-5-7-18-39(34)41)56-33-38-17-6-8-19-40(38)42-21-12-27-49-51(42)46-24-11-23-44(52(46)59-49)43-22-13-26-48-50(43)45-20-9-10-25-47(45)58-48/h2-32H,1,33H2/b56-54-,57-53-. The second-order valence-corrected chi connectivity index (χ2v) is 14.7. The van der Waals surface area contributed by atoms with Gasteiger partial charge in [0.25, 0.3) is 0 Å². The zero-order valence-electron chi connectivity index (χ0n) is 32.0. The molecular weight excluding hydrogens is 723 g/mol. The molecule has 0 fully saturated rings. The summed E-state index contributed by atoms with van der Waals surface area (Å²) in [7, 11) is 0. The molecule has 0 N–H and O–H groups in total. The van der Waals surface area contributed by atoms with Crippen LogP contribution in [0.25, 0.3) is 87.7 Å². The van der Waals surface area contributed by atoms with E-state index in [0.717, 1.165) is 88.2 Å². The van der Waals surface area contributed by atoms with E-state index in [2.05, 4.69) is 151 Å². The van der Waals surface area contributed by atoms with Gasteiger partial charge >= 0.3 is 0 Å². The molecule has 0 atom stereocenters. The number of amidine groups is 2. The number of aliphatic imine (C=N–C) groups is 3. The number of rotatable bonds is 6. The molecule has 0 amide bonds. The Labute approximate surface area is 339 Å². The van der Waals surface area contributed by atoms with Crippen LogP contribution in [0.2, 0.25) is 0 Å². The lowest BCUT2D eigenvalue weighted by atomic mass is 9.93. The van der Waals surface area contributed by atoms with Crippen molar-refractivity contribution in [3.63, 3.8) is 0 Å². The molecule has 278 valence electrons. The summed E-state index contributed by atoms with van der Waals surface area (Å²) in [6.45, 7) is 4.28. The molecule has 0 aliphatic heterocycles. The molecule has 2 heterocycles. The number of benzene rings is 9. The Morgan fingerprint density at radius 1 is 0.424 bits per heavy atom. The van der Waals surface area contributed by atoms with Gasteiger partial charge in [-0.3, -0.25) is 4.99 Å².